The van der Waals surface area contributed by atoms with E-state index in [2.05, 4.69) is 4.74 Å². The highest BCUT2D eigenvalue weighted by molar-refractivity contribution is 5.29. The van der Waals surface area contributed by atoms with E-state index in [4.69, 9.17) is 0 Å². The van der Waals surface area contributed by atoms with E-state index in [0.717, 1.165) is 12.1 Å². The monoisotopic (exact) mass is 363 g/mol. The standard InChI is InChI=1S/C17H15F6NO/c1-24(10-12-4-2-6-14(8-12)16(18,19)20)11-13-5-3-7-15(9-13)25-17(21,22)23/h2-9H,10-11H2,1H3. The third-order valence-electron chi connectivity index (χ3n) is 3.29. The molecule has 0 bridgehead atoms. The Morgan fingerprint density at radius 2 is 1.40 bits per heavy atom. The Morgan fingerprint density at radius 1 is 0.840 bits per heavy atom. The Kier molecular flexibility index (Phi) is 5.62. The fourth-order valence-corrected chi connectivity index (χ4v) is 2.37. The van der Waals surface area contributed by atoms with Gasteiger partial charge in [-0.05, 0) is 36.4 Å². The van der Waals surface area contributed by atoms with Crippen molar-refractivity contribution < 1.29 is 31.1 Å². The lowest BCUT2D eigenvalue weighted by Crippen LogP contribution is -2.19. The first-order valence-electron chi connectivity index (χ1n) is 7.22. The van der Waals surface area contributed by atoms with Gasteiger partial charge in [0.15, 0.2) is 0 Å². The molecule has 0 aliphatic rings. The second kappa shape index (κ2) is 7.35. The normalized spacial score (nSPS) is 12.5. The molecule has 0 amide bonds. The summed E-state index contributed by atoms with van der Waals surface area (Å²) in [7, 11) is 1.66. The van der Waals surface area contributed by atoms with Crippen molar-refractivity contribution in [2.75, 3.05) is 7.05 Å². The molecule has 2 rings (SSSR count). The molecular formula is C17H15F6NO. The summed E-state index contributed by atoms with van der Waals surface area (Å²) < 4.78 is 78.7. The van der Waals surface area contributed by atoms with Gasteiger partial charge in [0.2, 0.25) is 0 Å². The van der Waals surface area contributed by atoms with Gasteiger partial charge in [-0.1, -0.05) is 30.3 Å². The molecule has 0 fully saturated rings. The molecule has 0 heterocycles. The van der Waals surface area contributed by atoms with Crippen LogP contribution in [0.25, 0.3) is 0 Å². The fourth-order valence-electron chi connectivity index (χ4n) is 2.37. The van der Waals surface area contributed by atoms with Crippen molar-refractivity contribution in [1.29, 1.82) is 0 Å². The van der Waals surface area contributed by atoms with Gasteiger partial charge in [0.05, 0.1) is 5.56 Å². The van der Waals surface area contributed by atoms with Gasteiger partial charge in [-0.3, -0.25) is 4.90 Å². The van der Waals surface area contributed by atoms with E-state index in [1.165, 1.54) is 24.3 Å². The van der Waals surface area contributed by atoms with Crippen molar-refractivity contribution in [2.45, 2.75) is 25.6 Å². The van der Waals surface area contributed by atoms with E-state index in [9.17, 15) is 26.3 Å². The molecule has 0 aromatic heterocycles. The van der Waals surface area contributed by atoms with E-state index < -0.39 is 18.1 Å². The summed E-state index contributed by atoms with van der Waals surface area (Å²) >= 11 is 0. The minimum atomic E-state index is -4.78. The van der Waals surface area contributed by atoms with Gasteiger partial charge in [0.25, 0.3) is 0 Å². The molecule has 0 atom stereocenters. The Bertz CT molecular complexity index is 711. The zero-order valence-corrected chi connectivity index (χ0v) is 13.2. The van der Waals surface area contributed by atoms with Gasteiger partial charge < -0.3 is 4.74 Å². The smallest absolute Gasteiger partial charge is 0.406 e. The summed E-state index contributed by atoms with van der Waals surface area (Å²) in [6, 6.07) is 10.4. The van der Waals surface area contributed by atoms with Crippen molar-refractivity contribution in [3.8, 4) is 5.75 Å². The molecule has 0 aliphatic carbocycles. The van der Waals surface area contributed by atoms with Crippen LogP contribution in [-0.4, -0.2) is 18.3 Å². The number of benzene rings is 2. The first kappa shape index (κ1) is 19.1. The van der Waals surface area contributed by atoms with Gasteiger partial charge >= 0.3 is 12.5 Å². The summed E-state index contributed by atoms with van der Waals surface area (Å²) in [6.07, 6.45) is -9.19. The lowest BCUT2D eigenvalue weighted by Gasteiger charge is -2.18. The lowest BCUT2D eigenvalue weighted by molar-refractivity contribution is -0.274. The fraction of sp³-hybridized carbons (Fsp3) is 0.294. The van der Waals surface area contributed by atoms with Gasteiger partial charge in [0.1, 0.15) is 5.75 Å². The van der Waals surface area contributed by atoms with Crippen molar-refractivity contribution in [2.24, 2.45) is 0 Å². The van der Waals surface area contributed by atoms with Crippen molar-refractivity contribution in [3.63, 3.8) is 0 Å². The Labute approximate surface area is 140 Å². The van der Waals surface area contributed by atoms with Crippen molar-refractivity contribution in [3.05, 3.63) is 65.2 Å². The maximum absolute atomic E-state index is 12.7. The molecular weight excluding hydrogens is 348 g/mol. The third kappa shape index (κ3) is 6.30. The number of ether oxygens (including phenoxy) is 1. The van der Waals surface area contributed by atoms with Crippen LogP contribution in [0.15, 0.2) is 48.5 Å². The van der Waals surface area contributed by atoms with Crippen molar-refractivity contribution in [1.82, 2.24) is 4.90 Å². The zero-order chi connectivity index (χ0) is 18.7. The molecule has 0 saturated carbocycles. The van der Waals surface area contributed by atoms with Crippen LogP contribution in [0.2, 0.25) is 0 Å². The van der Waals surface area contributed by atoms with Gasteiger partial charge in [-0.15, -0.1) is 13.2 Å². The van der Waals surface area contributed by atoms with Gasteiger partial charge in [0, 0.05) is 13.1 Å². The van der Waals surface area contributed by atoms with Crippen LogP contribution in [0.4, 0.5) is 26.3 Å². The molecule has 0 saturated heterocycles. The number of nitrogens with zero attached hydrogens (tertiary/aromatic N) is 1. The maximum Gasteiger partial charge on any atom is 0.573 e. The second-order valence-corrected chi connectivity index (χ2v) is 5.57. The molecule has 2 aromatic rings. The number of hydrogen-bond acceptors (Lipinski definition) is 2. The minimum Gasteiger partial charge on any atom is -0.406 e. The highest BCUT2D eigenvalue weighted by Crippen LogP contribution is 2.30. The van der Waals surface area contributed by atoms with Crippen LogP contribution in [0.3, 0.4) is 0 Å². The molecule has 0 radical (unpaired) electrons. The van der Waals surface area contributed by atoms with Gasteiger partial charge in [-0.2, -0.15) is 13.2 Å². The Balaban J connectivity index is 2.03. The minimum absolute atomic E-state index is 0.217. The van der Waals surface area contributed by atoms with E-state index in [0.29, 0.717) is 11.1 Å². The predicted molar refractivity (Wildman–Crippen MR) is 79.7 cm³/mol. The van der Waals surface area contributed by atoms with Crippen molar-refractivity contribution >= 4 is 0 Å². The van der Waals surface area contributed by atoms with Gasteiger partial charge in [-0.25, -0.2) is 0 Å². The van der Waals surface area contributed by atoms with Crippen LogP contribution >= 0.6 is 0 Å². The van der Waals surface area contributed by atoms with Crippen LogP contribution < -0.4 is 4.74 Å². The van der Waals surface area contributed by atoms with Crippen LogP contribution in [-0.2, 0) is 19.3 Å². The van der Waals surface area contributed by atoms with Crippen LogP contribution in [0.5, 0.6) is 5.75 Å². The Hall–Kier alpha value is -2.22. The SMILES string of the molecule is CN(Cc1cccc(OC(F)(F)F)c1)Cc1cccc(C(F)(F)F)c1. The summed E-state index contributed by atoms with van der Waals surface area (Å²) in [6.45, 7) is 0.472. The average molecular weight is 363 g/mol. The number of alkyl halides is 6. The molecule has 0 N–H and O–H groups in total. The summed E-state index contributed by atoms with van der Waals surface area (Å²) in [5.41, 5.74) is 0.273. The largest absolute Gasteiger partial charge is 0.573 e. The zero-order valence-electron chi connectivity index (χ0n) is 13.2. The summed E-state index contributed by atoms with van der Waals surface area (Å²) in [5.74, 6) is -0.336. The summed E-state index contributed by atoms with van der Waals surface area (Å²) in [5, 5.41) is 0. The molecule has 8 heteroatoms. The highest BCUT2D eigenvalue weighted by Gasteiger charge is 2.31. The van der Waals surface area contributed by atoms with E-state index in [-0.39, 0.29) is 18.8 Å². The van der Waals surface area contributed by atoms with Crippen LogP contribution in [0, 0.1) is 0 Å². The average Bonchev–Trinajstić information content (AvgIpc) is 2.45. The predicted octanol–water partition coefficient (Wildman–Crippen LogP) is 5.24. The van der Waals surface area contributed by atoms with E-state index >= 15 is 0 Å². The molecule has 0 aliphatic heterocycles. The summed E-state index contributed by atoms with van der Waals surface area (Å²) in [4.78, 5) is 1.70. The van der Waals surface area contributed by atoms with E-state index in [1.54, 1.807) is 24.1 Å². The lowest BCUT2D eigenvalue weighted by atomic mass is 10.1. The molecule has 0 unspecified atom stereocenters. The molecule has 0 spiro atoms. The van der Waals surface area contributed by atoms with E-state index in [1.807, 2.05) is 0 Å². The molecule has 2 nitrogen and oxygen atoms in total. The first-order chi connectivity index (χ1) is 11.5. The maximum atomic E-state index is 12.7. The Morgan fingerprint density at radius 3 is 1.96 bits per heavy atom. The number of halogens is 6. The third-order valence-corrected chi connectivity index (χ3v) is 3.29. The quantitative estimate of drug-likeness (QED) is 0.674. The number of hydrogen-bond donors (Lipinski definition) is 0. The molecule has 136 valence electrons. The molecule has 2 aromatic carbocycles. The highest BCUT2D eigenvalue weighted by atomic mass is 19.4. The first-order valence-corrected chi connectivity index (χ1v) is 7.22. The van der Waals surface area contributed by atoms with Crippen LogP contribution in [0.1, 0.15) is 16.7 Å². The second-order valence-electron chi connectivity index (χ2n) is 5.57. The molecule has 25 heavy (non-hydrogen) atoms. The number of rotatable bonds is 5. The topological polar surface area (TPSA) is 12.5 Å².